The molecule has 1 fully saturated rings. The first-order chi connectivity index (χ1) is 20.2. The van der Waals surface area contributed by atoms with E-state index in [-0.39, 0.29) is 10.8 Å². The molecule has 0 unspecified atom stereocenters. The molecule has 0 radical (unpaired) electrons. The number of halogens is 1. The first-order valence-electron chi connectivity index (χ1n) is 13.7. The molecular weight excluding hydrogens is 572 g/mol. The third-order valence-corrected chi connectivity index (χ3v) is 9.12. The van der Waals surface area contributed by atoms with E-state index in [1.54, 1.807) is 43.5 Å². The number of benzene rings is 4. The number of hydrogen-bond donors (Lipinski definition) is 2. The number of carbonyl (C=O) groups excluding carboxylic acids is 1. The maximum Gasteiger partial charge on any atom is 0.255 e. The smallest absolute Gasteiger partial charge is 0.255 e. The summed E-state index contributed by atoms with van der Waals surface area (Å²) in [4.78, 5) is 17.4. The van der Waals surface area contributed by atoms with Crippen molar-refractivity contribution in [2.24, 2.45) is 0 Å². The van der Waals surface area contributed by atoms with Crippen molar-refractivity contribution in [1.29, 1.82) is 0 Å². The Labute approximate surface area is 251 Å². The molecule has 0 saturated carbocycles. The van der Waals surface area contributed by atoms with Gasteiger partial charge in [0.25, 0.3) is 5.91 Å². The monoisotopic (exact) mass is 604 g/mol. The van der Waals surface area contributed by atoms with Crippen LogP contribution in [-0.4, -0.2) is 47.6 Å². The van der Waals surface area contributed by atoms with Crippen LogP contribution in [0.3, 0.4) is 0 Å². The molecular formula is C32H33ClN4O4S. The van der Waals surface area contributed by atoms with Gasteiger partial charge in [-0.1, -0.05) is 41.9 Å². The second-order valence-electron chi connectivity index (χ2n) is 10.1. The molecule has 0 aliphatic carbocycles. The summed E-state index contributed by atoms with van der Waals surface area (Å²) in [6.45, 7) is 4.49. The van der Waals surface area contributed by atoms with Gasteiger partial charge in [0.15, 0.2) is 0 Å². The van der Waals surface area contributed by atoms with Gasteiger partial charge in [-0.3, -0.25) is 4.79 Å². The van der Waals surface area contributed by atoms with E-state index in [1.165, 1.54) is 6.07 Å². The Balaban J connectivity index is 1.41. The van der Waals surface area contributed by atoms with Gasteiger partial charge >= 0.3 is 0 Å². The summed E-state index contributed by atoms with van der Waals surface area (Å²) in [5.41, 5.74) is 3.31. The lowest BCUT2D eigenvalue weighted by Gasteiger charge is -2.38. The van der Waals surface area contributed by atoms with Crippen LogP contribution in [0.25, 0.3) is 0 Å². The lowest BCUT2D eigenvalue weighted by Crippen LogP contribution is -2.47. The number of piperazine rings is 1. The molecule has 5 rings (SSSR count). The largest absolute Gasteiger partial charge is 0.497 e. The van der Waals surface area contributed by atoms with Crippen molar-refractivity contribution < 1.29 is 17.9 Å². The molecule has 218 valence electrons. The molecule has 0 aromatic heterocycles. The van der Waals surface area contributed by atoms with Crippen LogP contribution in [-0.2, 0) is 10.0 Å². The van der Waals surface area contributed by atoms with Crippen molar-refractivity contribution in [1.82, 2.24) is 4.72 Å². The van der Waals surface area contributed by atoms with E-state index in [0.29, 0.717) is 48.1 Å². The summed E-state index contributed by atoms with van der Waals surface area (Å²) in [5, 5.41) is 3.36. The normalized spacial score (nSPS) is 14.4. The molecule has 1 amide bonds. The van der Waals surface area contributed by atoms with Crippen molar-refractivity contribution in [3.8, 4) is 5.75 Å². The fourth-order valence-corrected chi connectivity index (χ4v) is 6.59. The van der Waals surface area contributed by atoms with Crippen molar-refractivity contribution in [2.75, 3.05) is 48.4 Å². The van der Waals surface area contributed by atoms with Crippen molar-refractivity contribution in [3.05, 3.63) is 113 Å². The lowest BCUT2D eigenvalue weighted by molar-refractivity contribution is 0.102. The Morgan fingerprint density at radius 3 is 2.14 bits per heavy atom. The first-order valence-corrected chi connectivity index (χ1v) is 15.5. The van der Waals surface area contributed by atoms with Crippen LogP contribution in [0.5, 0.6) is 5.75 Å². The fraction of sp³-hybridized carbons (Fsp3) is 0.219. The van der Waals surface area contributed by atoms with Crippen LogP contribution < -0.4 is 24.6 Å². The minimum Gasteiger partial charge on any atom is -0.497 e. The van der Waals surface area contributed by atoms with Crippen LogP contribution in [0.4, 0.5) is 17.1 Å². The number of amides is 1. The second-order valence-corrected chi connectivity index (χ2v) is 12.2. The molecule has 0 bridgehead atoms. The lowest BCUT2D eigenvalue weighted by atomic mass is 10.1. The molecule has 1 aliphatic rings. The van der Waals surface area contributed by atoms with Crippen LogP contribution in [0.1, 0.15) is 28.9 Å². The zero-order chi connectivity index (χ0) is 29.7. The Bertz CT molecular complexity index is 1620. The van der Waals surface area contributed by atoms with Crippen molar-refractivity contribution >= 4 is 44.6 Å². The first kappa shape index (κ1) is 29.4. The molecule has 1 heterocycles. The second kappa shape index (κ2) is 12.9. The molecule has 4 aromatic carbocycles. The van der Waals surface area contributed by atoms with Crippen LogP contribution in [0.2, 0.25) is 5.02 Å². The van der Waals surface area contributed by atoms with Gasteiger partial charge in [-0.25, -0.2) is 13.1 Å². The third-order valence-electron chi connectivity index (χ3n) is 7.30. The quantitative estimate of drug-likeness (QED) is 0.245. The summed E-state index contributed by atoms with van der Waals surface area (Å²) in [5.74, 6) is 0.439. The Kier molecular flexibility index (Phi) is 9.01. The fourth-order valence-electron chi connectivity index (χ4n) is 4.98. The Morgan fingerprint density at radius 1 is 0.857 bits per heavy atom. The van der Waals surface area contributed by atoms with E-state index >= 15 is 0 Å². The number of anilines is 3. The third kappa shape index (κ3) is 6.87. The molecule has 8 nitrogen and oxygen atoms in total. The van der Waals surface area contributed by atoms with Gasteiger partial charge < -0.3 is 19.9 Å². The molecule has 4 aromatic rings. The molecule has 2 N–H and O–H groups in total. The zero-order valence-corrected chi connectivity index (χ0v) is 25.0. The summed E-state index contributed by atoms with van der Waals surface area (Å²) in [6, 6.07) is 28.4. The van der Waals surface area contributed by atoms with E-state index in [1.807, 2.05) is 61.5 Å². The molecule has 10 heteroatoms. The van der Waals surface area contributed by atoms with Crippen LogP contribution >= 0.6 is 11.6 Å². The number of carbonyl (C=O) groups is 1. The van der Waals surface area contributed by atoms with Crippen LogP contribution in [0.15, 0.2) is 102 Å². The average molecular weight is 605 g/mol. The molecule has 1 saturated heterocycles. The number of hydrogen-bond acceptors (Lipinski definition) is 6. The predicted molar refractivity (Wildman–Crippen MR) is 168 cm³/mol. The van der Waals surface area contributed by atoms with E-state index in [0.717, 1.165) is 17.0 Å². The highest BCUT2D eigenvalue weighted by Crippen LogP contribution is 2.32. The van der Waals surface area contributed by atoms with Crippen LogP contribution in [0, 0.1) is 0 Å². The number of nitrogens with zero attached hydrogens (tertiary/aromatic N) is 2. The minimum atomic E-state index is -3.98. The minimum absolute atomic E-state index is 0.108. The van der Waals surface area contributed by atoms with Gasteiger partial charge in [0, 0.05) is 54.2 Å². The van der Waals surface area contributed by atoms with Gasteiger partial charge in [0.2, 0.25) is 10.0 Å². The molecule has 0 spiro atoms. The molecule has 42 heavy (non-hydrogen) atoms. The predicted octanol–water partition coefficient (Wildman–Crippen LogP) is 5.97. The highest BCUT2D eigenvalue weighted by Gasteiger charge is 2.27. The standard InChI is InChI=1S/C32H33ClN4O4S/c1-23(24-6-4-3-5-7-24)35-42(39,40)31-22-27(34-32(38)25-8-10-26(33)11-9-25)12-17-30(31)37-20-18-36(19-21-37)28-13-15-29(41-2)16-14-28/h3-17,22-23,35H,18-21H2,1-2H3,(H,34,38)/t23-/m1/s1. The number of methoxy groups -OCH3 is 1. The SMILES string of the molecule is COc1ccc(N2CCN(c3ccc(NC(=O)c4ccc(Cl)cc4)cc3S(=O)(=O)N[C@H](C)c3ccccc3)CC2)cc1. The number of nitrogens with one attached hydrogen (secondary N) is 2. The summed E-state index contributed by atoms with van der Waals surface area (Å²) < 4.78 is 35.9. The number of sulfonamides is 1. The average Bonchev–Trinajstić information content (AvgIpc) is 3.02. The zero-order valence-electron chi connectivity index (χ0n) is 23.5. The Hall–Kier alpha value is -4.05. The summed E-state index contributed by atoms with van der Waals surface area (Å²) in [7, 11) is -2.34. The van der Waals surface area contributed by atoms with Gasteiger partial charge in [-0.15, -0.1) is 0 Å². The molecule has 1 aliphatic heterocycles. The maximum atomic E-state index is 13.9. The van der Waals surface area contributed by atoms with E-state index in [9.17, 15) is 13.2 Å². The number of ether oxygens (including phenoxy) is 1. The summed E-state index contributed by atoms with van der Waals surface area (Å²) >= 11 is 5.96. The van der Waals surface area contributed by atoms with E-state index in [4.69, 9.17) is 16.3 Å². The topological polar surface area (TPSA) is 91.0 Å². The van der Waals surface area contributed by atoms with Gasteiger partial charge in [-0.05, 0) is 79.2 Å². The van der Waals surface area contributed by atoms with Crippen molar-refractivity contribution in [2.45, 2.75) is 17.9 Å². The highest BCUT2D eigenvalue weighted by atomic mass is 35.5. The highest BCUT2D eigenvalue weighted by molar-refractivity contribution is 7.89. The van der Waals surface area contributed by atoms with Gasteiger partial charge in [0.05, 0.1) is 12.8 Å². The van der Waals surface area contributed by atoms with E-state index < -0.39 is 16.1 Å². The molecule has 1 atom stereocenters. The maximum absolute atomic E-state index is 13.9. The van der Waals surface area contributed by atoms with E-state index in [2.05, 4.69) is 19.8 Å². The van der Waals surface area contributed by atoms with Crippen molar-refractivity contribution in [3.63, 3.8) is 0 Å². The van der Waals surface area contributed by atoms with Gasteiger partial charge in [0.1, 0.15) is 10.6 Å². The van der Waals surface area contributed by atoms with Gasteiger partial charge in [-0.2, -0.15) is 0 Å². The number of rotatable bonds is 9. The summed E-state index contributed by atoms with van der Waals surface area (Å²) in [6.07, 6.45) is 0. The Morgan fingerprint density at radius 2 is 1.50 bits per heavy atom.